The van der Waals surface area contributed by atoms with Crippen LogP contribution in [0.3, 0.4) is 0 Å². The Morgan fingerprint density at radius 1 is 1.23 bits per heavy atom. The van der Waals surface area contributed by atoms with Crippen molar-refractivity contribution in [2.75, 3.05) is 26.4 Å². The Balaban J connectivity index is 1.55. The standard InChI is InChI=1S/C22H27F2N3O3/c1-3-25-22(27-12-15(2)30-20-7-5-4-6-19(20)24)26-9-8-16-10-18(23)11-17-13-28-14-29-21(16)17/h4-7,10-11,15H,3,8-9,12-14H2,1-2H3,(H2,25,26,27). The monoisotopic (exact) mass is 419 g/mol. The van der Waals surface area contributed by atoms with Gasteiger partial charge in [0.05, 0.1) is 13.2 Å². The van der Waals surface area contributed by atoms with Crippen LogP contribution in [0.1, 0.15) is 25.0 Å². The highest BCUT2D eigenvalue weighted by Crippen LogP contribution is 2.29. The van der Waals surface area contributed by atoms with Crippen molar-refractivity contribution in [1.82, 2.24) is 10.6 Å². The minimum atomic E-state index is -0.399. The third-order valence-electron chi connectivity index (χ3n) is 4.45. The molecule has 1 unspecified atom stereocenters. The van der Waals surface area contributed by atoms with Gasteiger partial charge in [-0.2, -0.15) is 0 Å². The summed E-state index contributed by atoms with van der Waals surface area (Å²) in [4.78, 5) is 4.50. The van der Waals surface area contributed by atoms with Gasteiger partial charge in [-0.15, -0.1) is 0 Å². The van der Waals surface area contributed by atoms with Crippen LogP contribution < -0.4 is 20.1 Å². The van der Waals surface area contributed by atoms with Crippen molar-refractivity contribution in [3.8, 4) is 11.5 Å². The van der Waals surface area contributed by atoms with E-state index < -0.39 is 5.82 Å². The molecule has 0 amide bonds. The summed E-state index contributed by atoms with van der Waals surface area (Å²) >= 11 is 0. The van der Waals surface area contributed by atoms with Crippen molar-refractivity contribution in [3.63, 3.8) is 0 Å². The van der Waals surface area contributed by atoms with Crippen LogP contribution >= 0.6 is 0 Å². The molecule has 8 heteroatoms. The summed E-state index contributed by atoms with van der Waals surface area (Å²) in [6.45, 7) is 5.88. The molecule has 0 bridgehead atoms. The molecule has 162 valence electrons. The molecule has 6 nitrogen and oxygen atoms in total. The second kappa shape index (κ2) is 10.8. The van der Waals surface area contributed by atoms with Gasteiger partial charge < -0.3 is 24.8 Å². The molecule has 1 aliphatic heterocycles. The molecule has 2 aromatic rings. The molecule has 0 aliphatic carbocycles. The number of benzene rings is 2. The highest BCUT2D eigenvalue weighted by Gasteiger charge is 2.17. The molecule has 0 aromatic heterocycles. The molecule has 0 fully saturated rings. The molecule has 3 rings (SSSR count). The number of nitrogens with zero attached hydrogens (tertiary/aromatic N) is 1. The number of hydrogen-bond acceptors (Lipinski definition) is 4. The molecule has 0 saturated heterocycles. The molecule has 2 N–H and O–H groups in total. The van der Waals surface area contributed by atoms with E-state index in [0.717, 1.165) is 11.1 Å². The summed E-state index contributed by atoms with van der Waals surface area (Å²) in [6, 6.07) is 9.21. The van der Waals surface area contributed by atoms with Gasteiger partial charge in [0, 0.05) is 18.7 Å². The zero-order chi connectivity index (χ0) is 21.3. The van der Waals surface area contributed by atoms with E-state index in [1.807, 2.05) is 13.8 Å². The fraction of sp³-hybridized carbons (Fsp3) is 0.409. The maximum Gasteiger partial charge on any atom is 0.191 e. The average molecular weight is 419 g/mol. The minimum absolute atomic E-state index is 0.170. The van der Waals surface area contributed by atoms with E-state index in [0.29, 0.717) is 44.4 Å². The smallest absolute Gasteiger partial charge is 0.191 e. The van der Waals surface area contributed by atoms with Gasteiger partial charge in [-0.3, -0.25) is 0 Å². The number of halogens is 2. The number of para-hydroxylation sites is 1. The van der Waals surface area contributed by atoms with Crippen LogP contribution in [0.15, 0.2) is 41.4 Å². The van der Waals surface area contributed by atoms with E-state index in [-0.39, 0.29) is 24.5 Å². The Bertz CT molecular complexity index is 877. The fourth-order valence-electron chi connectivity index (χ4n) is 3.11. The highest BCUT2D eigenvalue weighted by molar-refractivity contribution is 5.79. The number of rotatable bonds is 8. The van der Waals surface area contributed by atoms with Crippen LogP contribution in [-0.2, 0) is 17.8 Å². The third kappa shape index (κ3) is 6.06. The molecule has 2 aromatic carbocycles. The summed E-state index contributed by atoms with van der Waals surface area (Å²) < 4.78 is 44.0. The van der Waals surface area contributed by atoms with E-state index in [9.17, 15) is 8.78 Å². The van der Waals surface area contributed by atoms with Crippen molar-refractivity contribution in [3.05, 3.63) is 59.2 Å². The normalized spacial score (nSPS) is 14.5. The Kier molecular flexibility index (Phi) is 7.84. The maximum absolute atomic E-state index is 13.9. The Labute approximate surface area is 175 Å². The highest BCUT2D eigenvalue weighted by atomic mass is 19.1. The molecule has 0 saturated carbocycles. The van der Waals surface area contributed by atoms with Gasteiger partial charge in [0.15, 0.2) is 24.3 Å². The van der Waals surface area contributed by atoms with Crippen molar-refractivity contribution in [2.24, 2.45) is 4.99 Å². The van der Waals surface area contributed by atoms with Crippen molar-refractivity contribution < 1.29 is 23.0 Å². The van der Waals surface area contributed by atoms with Crippen LogP contribution in [0.2, 0.25) is 0 Å². The van der Waals surface area contributed by atoms with Gasteiger partial charge in [-0.1, -0.05) is 12.1 Å². The molecule has 1 heterocycles. The van der Waals surface area contributed by atoms with Gasteiger partial charge in [-0.25, -0.2) is 13.8 Å². The first-order valence-electron chi connectivity index (χ1n) is 10.0. The van der Waals surface area contributed by atoms with Gasteiger partial charge in [0.25, 0.3) is 0 Å². The number of hydrogen-bond donors (Lipinski definition) is 2. The Morgan fingerprint density at radius 2 is 2.07 bits per heavy atom. The van der Waals surface area contributed by atoms with Gasteiger partial charge in [0.1, 0.15) is 17.7 Å². The quantitative estimate of drug-likeness (QED) is 0.507. The largest absolute Gasteiger partial charge is 0.486 e. The first kappa shape index (κ1) is 21.8. The second-order valence-electron chi connectivity index (χ2n) is 6.92. The summed E-state index contributed by atoms with van der Waals surface area (Å²) in [6.07, 6.45) is 0.257. The van der Waals surface area contributed by atoms with Crippen LogP contribution in [0, 0.1) is 11.6 Å². The number of aliphatic imine (C=N–C) groups is 1. The van der Waals surface area contributed by atoms with Crippen molar-refractivity contribution >= 4 is 5.96 Å². The van der Waals surface area contributed by atoms with Gasteiger partial charge in [-0.05, 0) is 50.1 Å². The van der Waals surface area contributed by atoms with Crippen LogP contribution in [-0.4, -0.2) is 38.5 Å². The predicted molar refractivity (Wildman–Crippen MR) is 111 cm³/mol. The molecule has 0 spiro atoms. The Hall–Kier alpha value is -2.87. The SMILES string of the molecule is CCNC(=NCC(C)Oc1ccccc1F)NCCc1cc(F)cc2c1OCOC2. The minimum Gasteiger partial charge on any atom is -0.486 e. The van der Waals surface area contributed by atoms with E-state index in [1.54, 1.807) is 18.2 Å². The number of fused-ring (bicyclic) bond motifs is 1. The lowest BCUT2D eigenvalue weighted by atomic mass is 10.1. The van der Waals surface area contributed by atoms with Crippen LogP contribution in [0.5, 0.6) is 11.5 Å². The summed E-state index contributed by atoms with van der Waals surface area (Å²) in [7, 11) is 0. The molecular weight excluding hydrogens is 392 g/mol. The van der Waals surface area contributed by atoms with Crippen LogP contribution in [0.4, 0.5) is 8.78 Å². The molecule has 1 aliphatic rings. The fourth-order valence-corrected chi connectivity index (χ4v) is 3.11. The molecule has 1 atom stereocenters. The van der Waals surface area contributed by atoms with E-state index in [1.165, 1.54) is 18.2 Å². The number of nitrogens with one attached hydrogen (secondary N) is 2. The third-order valence-corrected chi connectivity index (χ3v) is 4.45. The van der Waals surface area contributed by atoms with E-state index in [2.05, 4.69) is 15.6 Å². The molecule has 30 heavy (non-hydrogen) atoms. The number of ether oxygens (including phenoxy) is 3. The summed E-state index contributed by atoms with van der Waals surface area (Å²) in [5, 5.41) is 6.38. The summed E-state index contributed by atoms with van der Waals surface area (Å²) in [5.41, 5.74) is 1.50. The van der Waals surface area contributed by atoms with Crippen LogP contribution in [0.25, 0.3) is 0 Å². The lowest BCUT2D eigenvalue weighted by molar-refractivity contribution is -0.0172. The second-order valence-corrected chi connectivity index (χ2v) is 6.92. The van der Waals surface area contributed by atoms with Crippen molar-refractivity contribution in [1.29, 1.82) is 0 Å². The zero-order valence-corrected chi connectivity index (χ0v) is 17.2. The average Bonchev–Trinajstić information content (AvgIpc) is 2.73. The molecular formula is C22H27F2N3O3. The van der Waals surface area contributed by atoms with Gasteiger partial charge in [0.2, 0.25) is 0 Å². The predicted octanol–water partition coefficient (Wildman–Crippen LogP) is 3.40. The first-order valence-corrected chi connectivity index (χ1v) is 10.0. The lowest BCUT2D eigenvalue weighted by Gasteiger charge is -2.21. The van der Waals surface area contributed by atoms with E-state index in [4.69, 9.17) is 14.2 Å². The summed E-state index contributed by atoms with van der Waals surface area (Å²) in [5.74, 6) is 0.800. The Morgan fingerprint density at radius 3 is 2.87 bits per heavy atom. The first-order chi connectivity index (χ1) is 14.6. The topological polar surface area (TPSA) is 64.1 Å². The van der Waals surface area contributed by atoms with E-state index >= 15 is 0 Å². The zero-order valence-electron chi connectivity index (χ0n) is 17.2. The number of guanidine groups is 1. The van der Waals surface area contributed by atoms with Gasteiger partial charge >= 0.3 is 0 Å². The molecule has 0 radical (unpaired) electrons. The van der Waals surface area contributed by atoms with Crippen molar-refractivity contribution in [2.45, 2.75) is 33.0 Å². The maximum atomic E-state index is 13.9. The lowest BCUT2D eigenvalue weighted by Crippen LogP contribution is -2.39.